The number of benzene rings is 1. The van der Waals surface area contributed by atoms with E-state index in [1.807, 2.05) is 6.07 Å². The van der Waals surface area contributed by atoms with Gasteiger partial charge in [-0.1, -0.05) is 12.1 Å². The van der Waals surface area contributed by atoms with Crippen LogP contribution in [0.2, 0.25) is 0 Å². The van der Waals surface area contributed by atoms with Crippen molar-refractivity contribution in [3.05, 3.63) is 40.9 Å². The highest BCUT2D eigenvalue weighted by molar-refractivity contribution is 5.78. The molecule has 1 aromatic heterocycles. The number of carbonyl (C=O) groups excluding carboxylic acids is 1. The Bertz CT molecular complexity index is 699. The Kier molecular flexibility index (Phi) is 6.71. The first kappa shape index (κ1) is 17.1. The Morgan fingerprint density at radius 1 is 1.26 bits per heavy atom. The number of amides is 1. The molecule has 0 aliphatic rings. The Labute approximate surface area is 134 Å². The fraction of sp³-hybridized carbons (Fsp3) is 0.438. The van der Waals surface area contributed by atoms with Crippen LogP contribution in [0, 0.1) is 0 Å². The molecular formula is C16H21N3O4. The standard InChI is InChI=1S/C16H21N3O4/c1-22-9-10-23-8-4-7-17-15(20)11-19-12-18-14-6-3-2-5-13(14)16(19)21/h2-3,5-6,12H,4,7-11H2,1H3,(H,17,20). The van der Waals surface area contributed by atoms with Crippen LogP contribution in [0.25, 0.3) is 10.9 Å². The summed E-state index contributed by atoms with van der Waals surface area (Å²) < 4.78 is 11.5. The van der Waals surface area contributed by atoms with Crippen molar-refractivity contribution in [1.82, 2.24) is 14.9 Å². The third kappa shape index (κ3) is 5.15. The third-order valence-electron chi connectivity index (χ3n) is 3.26. The number of nitrogens with zero attached hydrogens (tertiary/aromatic N) is 2. The molecule has 124 valence electrons. The van der Waals surface area contributed by atoms with E-state index in [0.717, 1.165) is 0 Å². The Hall–Kier alpha value is -2.25. The van der Waals surface area contributed by atoms with Gasteiger partial charge in [-0.2, -0.15) is 0 Å². The van der Waals surface area contributed by atoms with Gasteiger partial charge in [0, 0.05) is 20.3 Å². The van der Waals surface area contributed by atoms with Gasteiger partial charge in [0.25, 0.3) is 5.56 Å². The van der Waals surface area contributed by atoms with Crippen molar-refractivity contribution in [3.63, 3.8) is 0 Å². The lowest BCUT2D eigenvalue weighted by Gasteiger charge is -2.08. The number of hydrogen-bond acceptors (Lipinski definition) is 5. The minimum atomic E-state index is -0.221. The first-order chi connectivity index (χ1) is 11.2. The van der Waals surface area contributed by atoms with E-state index in [4.69, 9.17) is 9.47 Å². The highest BCUT2D eigenvalue weighted by Crippen LogP contribution is 2.04. The van der Waals surface area contributed by atoms with E-state index in [0.29, 0.717) is 43.7 Å². The van der Waals surface area contributed by atoms with Crippen molar-refractivity contribution in [1.29, 1.82) is 0 Å². The summed E-state index contributed by atoms with van der Waals surface area (Å²) in [6.07, 6.45) is 2.11. The Morgan fingerprint density at radius 2 is 2.09 bits per heavy atom. The number of para-hydroxylation sites is 1. The van der Waals surface area contributed by atoms with Crippen LogP contribution >= 0.6 is 0 Å². The average molecular weight is 319 g/mol. The Balaban J connectivity index is 1.79. The fourth-order valence-corrected chi connectivity index (χ4v) is 2.08. The van der Waals surface area contributed by atoms with Crippen molar-refractivity contribution in [2.75, 3.05) is 33.5 Å². The first-order valence-electron chi connectivity index (χ1n) is 7.50. The molecule has 23 heavy (non-hydrogen) atoms. The number of hydrogen-bond donors (Lipinski definition) is 1. The summed E-state index contributed by atoms with van der Waals surface area (Å²) >= 11 is 0. The molecule has 0 atom stereocenters. The van der Waals surface area contributed by atoms with Crippen molar-refractivity contribution in [2.45, 2.75) is 13.0 Å². The van der Waals surface area contributed by atoms with Gasteiger partial charge in [0.1, 0.15) is 6.54 Å². The minimum absolute atomic E-state index is 0.0405. The molecule has 1 aromatic carbocycles. The van der Waals surface area contributed by atoms with Crippen LogP contribution in [-0.4, -0.2) is 48.9 Å². The monoisotopic (exact) mass is 319 g/mol. The molecule has 2 aromatic rings. The zero-order valence-corrected chi connectivity index (χ0v) is 13.2. The van der Waals surface area contributed by atoms with E-state index in [1.165, 1.54) is 10.9 Å². The Morgan fingerprint density at radius 3 is 2.91 bits per heavy atom. The maximum absolute atomic E-state index is 12.3. The third-order valence-corrected chi connectivity index (χ3v) is 3.26. The SMILES string of the molecule is COCCOCCCNC(=O)Cn1cnc2ccccc2c1=O. The van der Waals surface area contributed by atoms with Gasteiger partial charge in [-0.3, -0.25) is 14.2 Å². The van der Waals surface area contributed by atoms with Crippen LogP contribution in [0.4, 0.5) is 0 Å². The highest BCUT2D eigenvalue weighted by Gasteiger charge is 2.07. The van der Waals surface area contributed by atoms with Gasteiger partial charge in [-0.25, -0.2) is 4.98 Å². The summed E-state index contributed by atoms with van der Waals surface area (Å²) in [6.45, 7) is 2.12. The normalized spacial score (nSPS) is 10.8. The van der Waals surface area contributed by atoms with Gasteiger partial charge in [0.05, 0.1) is 30.4 Å². The summed E-state index contributed by atoms with van der Waals surface area (Å²) in [4.78, 5) is 28.3. The number of rotatable bonds is 9. The van der Waals surface area contributed by atoms with Gasteiger partial charge < -0.3 is 14.8 Å². The van der Waals surface area contributed by atoms with E-state index < -0.39 is 0 Å². The van der Waals surface area contributed by atoms with Crippen LogP contribution in [0.15, 0.2) is 35.4 Å². The molecule has 0 saturated heterocycles. The molecule has 7 heteroatoms. The number of aromatic nitrogens is 2. The maximum atomic E-state index is 12.3. The number of ether oxygens (including phenoxy) is 2. The second kappa shape index (κ2) is 9.02. The van der Waals surface area contributed by atoms with E-state index in [1.54, 1.807) is 25.3 Å². The molecule has 0 unspecified atom stereocenters. The summed E-state index contributed by atoms with van der Waals surface area (Å²) in [5.74, 6) is -0.221. The molecule has 1 heterocycles. The largest absolute Gasteiger partial charge is 0.382 e. The number of fused-ring (bicyclic) bond motifs is 1. The molecule has 0 radical (unpaired) electrons. The van der Waals surface area contributed by atoms with Crippen molar-refractivity contribution in [2.24, 2.45) is 0 Å². The number of nitrogens with one attached hydrogen (secondary N) is 1. The van der Waals surface area contributed by atoms with Gasteiger partial charge in [0.2, 0.25) is 5.91 Å². The smallest absolute Gasteiger partial charge is 0.261 e. The predicted molar refractivity (Wildman–Crippen MR) is 86.3 cm³/mol. The summed E-state index contributed by atoms with van der Waals surface area (Å²) in [6, 6.07) is 7.07. The zero-order chi connectivity index (χ0) is 16.5. The fourth-order valence-electron chi connectivity index (χ4n) is 2.08. The van der Waals surface area contributed by atoms with Crippen molar-refractivity contribution in [3.8, 4) is 0 Å². The molecule has 0 bridgehead atoms. The number of methoxy groups -OCH3 is 1. The molecule has 0 fully saturated rings. The molecule has 1 amide bonds. The van der Waals surface area contributed by atoms with Gasteiger partial charge in [0.15, 0.2) is 0 Å². The highest BCUT2D eigenvalue weighted by atomic mass is 16.5. The van der Waals surface area contributed by atoms with Crippen molar-refractivity contribution >= 4 is 16.8 Å². The molecule has 7 nitrogen and oxygen atoms in total. The predicted octanol–water partition coefficient (Wildman–Crippen LogP) is 0.566. The van der Waals surface area contributed by atoms with E-state index in [2.05, 4.69) is 10.3 Å². The second-order valence-electron chi connectivity index (χ2n) is 5.00. The van der Waals surface area contributed by atoms with Crippen LogP contribution in [0.3, 0.4) is 0 Å². The molecule has 0 aliphatic heterocycles. The zero-order valence-electron chi connectivity index (χ0n) is 13.2. The second-order valence-corrected chi connectivity index (χ2v) is 5.00. The quantitative estimate of drug-likeness (QED) is 0.683. The van der Waals surface area contributed by atoms with Crippen LogP contribution in [0.5, 0.6) is 0 Å². The maximum Gasteiger partial charge on any atom is 0.261 e. The molecule has 2 rings (SSSR count). The average Bonchev–Trinajstić information content (AvgIpc) is 2.57. The van der Waals surface area contributed by atoms with Gasteiger partial charge in [-0.15, -0.1) is 0 Å². The van der Waals surface area contributed by atoms with E-state index >= 15 is 0 Å². The van der Waals surface area contributed by atoms with Gasteiger partial charge in [-0.05, 0) is 18.6 Å². The van der Waals surface area contributed by atoms with E-state index in [9.17, 15) is 9.59 Å². The van der Waals surface area contributed by atoms with Gasteiger partial charge >= 0.3 is 0 Å². The molecule has 1 N–H and O–H groups in total. The summed E-state index contributed by atoms with van der Waals surface area (Å²) in [7, 11) is 1.62. The summed E-state index contributed by atoms with van der Waals surface area (Å²) in [5, 5.41) is 3.27. The van der Waals surface area contributed by atoms with E-state index in [-0.39, 0.29) is 18.0 Å². The van der Waals surface area contributed by atoms with Crippen LogP contribution < -0.4 is 10.9 Å². The minimum Gasteiger partial charge on any atom is -0.382 e. The van der Waals surface area contributed by atoms with Crippen molar-refractivity contribution < 1.29 is 14.3 Å². The first-order valence-corrected chi connectivity index (χ1v) is 7.50. The lowest BCUT2D eigenvalue weighted by molar-refractivity contribution is -0.121. The summed E-state index contributed by atoms with van der Waals surface area (Å²) in [5.41, 5.74) is 0.413. The number of carbonyl (C=O) groups is 1. The molecular weight excluding hydrogens is 298 g/mol. The molecule has 0 aliphatic carbocycles. The lowest BCUT2D eigenvalue weighted by atomic mass is 10.2. The molecule has 0 saturated carbocycles. The lowest BCUT2D eigenvalue weighted by Crippen LogP contribution is -2.33. The van der Waals surface area contributed by atoms with Crippen LogP contribution in [0.1, 0.15) is 6.42 Å². The molecule has 0 spiro atoms. The van der Waals surface area contributed by atoms with Crippen LogP contribution in [-0.2, 0) is 20.8 Å². The topological polar surface area (TPSA) is 82.4 Å².